The molecule has 0 bridgehead atoms. The lowest BCUT2D eigenvalue weighted by Crippen LogP contribution is -2.13. The van der Waals surface area contributed by atoms with Gasteiger partial charge in [0.25, 0.3) is 0 Å². The number of hydrogen-bond donors (Lipinski definition) is 0. The van der Waals surface area contributed by atoms with Gasteiger partial charge in [0.05, 0.1) is 0 Å². The van der Waals surface area contributed by atoms with Crippen molar-refractivity contribution in [2.45, 2.75) is 62.3 Å². The third-order valence-electron chi connectivity index (χ3n) is 13.2. The Morgan fingerprint density at radius 2 is 0.651 bits per heavy atom. The zero-order valence-electron chi connectivity index (χ0n) is 37.5. The number of rotatable bonds is 6. The lowest BCUT2D eigenvalue weighted by atomic mass is 10.00. The molecule has 0 aliphatic rings. The molecular formula is C59H50N2O2. The van der Waals surface area contributed by atoms with E-state index in [4.69, 9.17) is 8.83 Å². The molecule has 9 aromatic carbocycles. The molecular weight excluding hydrogens is 769 g/mol. The maximum absolute atomic E-state index is 6.80. The summed E-state index contributed by atoms with van der Waals surface area (Å²) in [4.78, 5) is 4.82. The second kappa shape index (κ2) is 14.4. The van der Waals surface area contributed by atoms with Gasteiger partial charge in [-0.3, -0.25) is 0 Å². The number of anilines is 6. The topological polar surface area (TPSA) is 32.8 Å². The third-order valence-corrected chi connectivity index (χ3v) is 13.2. The van der Waals surface area contributed by atoms with Gasteiger partial charge in [0.15, 0.2) is 0 Å². The highest BCUT2D eigenvalue weighted by Gasteiger charge is 2.22. The van der Waals surface area contributed by atoms with Crippen molar-refractivity contribution in [2.24, 2.45) is 0 Å². The molecule has 11 rings (SSSR count). The number of aryl methyl sites for hydroxylation is 9. The summed E-state index contributed by atoms with van der Waals surface area (Å²) in [5.74, 6) is 0. The number of nitrogens with zero attached hydrogens (tertiary/aromatic N) is 2. The van der Waals surface area contributed by atoms with Gasteiger partial charge < -0.3 is 18.6 Å². The van der Waals surface area contributed by atoms with Crippen molar-refractivity contribution in [1.82, 2.24) is 0 Å². The minimum atomic E-state index is 0.865. The summed E-state index contributed by atoms with van der Waals surface area (Å²) < 4.78 is 13.6. The first kappa shape index (κ1) is 38.6. The van der Waals surface area contributed by atoms with E-state index in [0.717, 1.165) is 71.6 Å². The van der Waals surface area contributed by atoms with Crippen LogP contribution in [0.3, 0.4) is 0 Å². The van der Waals surface area contributed by atoms with Crippen LogP contribution in [0.4, 0.5) is 34.1 Å². The minimum Gasteiger partial charge on any atom is -0.456 e. The molecule has 0 amide bonds. The van der Waals surface area contributed by atoms with Gasteiger partial charge in [-0.05, 0) is 207 Å². The van der Waals surface area contributed by atoms with E-state index >= 15 is 0 Å². The highest BCUT2D eigenvalue weighted by molar-refractivity contribution is 6.20. The summed E-state index contributed by atoms with van der Waals surface area (Å²) in [6.45, 7) is 19.6. The Hall–Kier alpha value is -7.30. The van der Waals surface area contributed by atoms with Crippen LogP contribution in [0.15, 0.2) is 148 Å². The Bertz CT molecular complexity index is 3350. The van der Waals surface area contributed by atoms with Crippen LogP contribution in [0, 0.1) is 62.3 Å². The maximum Gasteiger partial charge on any atom is 0.142 e. The second-order valence-corrected chi connectivity index (χ2v) is 18.0. The first-order chi connectivity index (χ1) is 30.4. The number of benzene rings is 9. The van der Waals surface area contributed by atoms with Crippen molar-refractivity contribution < 1.29 is 8.83 Å². The standard InChI is InChI=1S/C59H50N2O2/c1-33-10-14-37(5)52(22-33)60(53-23-34(2)11-15-38(53)6)46-20-18-42-28-48-50-32-51-49-29-43-19-21-47(61(54-24-35(3)12-16-39(54)7)55-25-36(4)13-17-40(55)8)27-45(43)31-57(49)63-59(51)41(9)58(50)62-56(48)30-44(42)26-46/h10-32H,1-9H3. The molecule has 2 aromatic heterocycles. The van der Waals surface area contributed by atoms with Gasteiger partial charge in [-0.25, -0.2) is 0 Å². The summed E-state index contributed by atoms with van der Waals surface area (Å²) >= 11 is 0. The van der Waals surface area contributed by atoms with Gasteiger partial charge in [0, 0.05) is 61.2 Å². The van der Waals surface area contributed by atoms with Crippen molar-refractivity contribution in [3.8, 4) is 0 Å². The lowest BCUT2D eigenvalue weighted by molar-refractivity contribution is 0.651. The summed E-state index contributed by atoms with van der Waals surface area (Å²) in [6, 6.07) is 51.7. The van der Waals surface area contributed by atoms with Gasteiger partial charge in [0.1, 0.15) is 22.3 Å². The Labute approximate surface area is 368 Å². The molecule has 11 aromatic rings. The third kappa shape index (κ3) is 6.35. The van der Waals surface area contributed by atoms with Gasteiger partial charge >= 0.3 is 0 Å². The summed E-state index contributed by atoms with van der Waals surface area (Å²) in [5.41, 5.74) is 21.3. The maximum atomic E-state index is 6.80. The van der Waals surface area contributed by atoms with Crippen molar-refractivity contribution >= 4 is 99.5 Å². The molecule has 0 radical (unpaired) electrons. The highest BCUT2D eigenvalue weighted by Crippen LogP contribution is 2.45. The van der Waals surface area contributed by atoms with Crippen molar-refractivity contribution in [3.05, 3.63) is 190 Å². The van der Waals surface area contributed by atoms with Crippen LogP contribution in [0.2, 0.25) is 0 Å². The monoisotopic (exact) mass is 818 g/mol. The predicted octanol–water partition coefficient (Wildman–Crippen LogP) is 17.5. The van der Waals surface area contributed by atoms with Crippen molar-refractivity contribution in [3.63, 3.8) is 0 Å². The molecule has 0 fully saturated rings. The molecule has 0 saturated heterocycles. The molecule has 0 saturated carbocycles. The molecule has 63 heavy (non-hydrogen) atoms. The Morgan fingerprint density at radius 3 is 1.00 bits per heavy atom. The van der Waals surface area contributed by atoms with E-state index in [1.165, 1.54) is 78.0 Å². The molecule has 0 aliphatic carbocycles. The number of hydrogen-bond acceptors (Lipinski definition) is 4. The molecule has 0 spiro atoms. The van der Waals surface area contributed by atoms with Crippen LogP contribution in [0.5, 0.6) is 0 Å². The van der Waals surface area contributed by atoms with Crippen molar-refractivity contribution in [1.29, 1.82) is 0 Å². The van der Waals surface area contributed by atoms with Crippen LogP contribution in [0.25, 0.3) is 65.4 Å². The van der Waals surface area contributed by atoms with Crippen LogP contribution < -0.4 is 9.80 Å². The van der Waals surface area contributed by atoms with Gasteiger partial charge in [0.2, 0.25) is 0 Å². The first-order valence-corrected chi connectivity index (χ1v) is 22.0. The Morgan fingerprint density at radius 1 is 0.302 bits per heavy atom. The Kier molecular flexibility index (Phi) is 8.82. The van der Waals surface area contributed by atoms with E-state index in [2.05, 4.69) is 212 Å². The van der Waals surface area contributed by atoms with E-state index in [1.54, 1.807) is 0 Å². The molecule has 0 aliphatic heterocycles. The average Bonchev–Trinajstić information content (AvgIpc) is 3.81. The van der Waals surface area contributed by atoms with Crippen LogP contribution in [-0.2, 0) is 0 Å². The molecule has 4 heteroatoms. The van der Waals surface area contributed by atoms with E-state index in [-0.39, 0.29) is 0 Å². The molecule has 0 atom stereocenters. The van der Waals surface area contributed by atoms with Gasteiger partial charge in [-0.15, -0.1) is 0 Å². The first-order valence-electron chi connectivity index (χ1n) is 22.0. The fraction of sp³-hybridized carbons (Fsp3) is 0.153. The molecule has 2 heterocycles. The fourth-order valence-electron chi connectivity index (χ4n) is 9.72. The highest BCUT2D eigenvalue weighted by atomic mass is 16.3. The summed E-state index contributed by atoms with van der Waals surface area (Å²) in [5, 5.41) is 9.01. The van der Waals surface area contributed by atoms with E-state index in [9.17, 15) is 0 Å². The molecule has 308 valence electrons. The predicted molar refractivity (Wildman–Crippen MR) is 268 cm³/mol. The zero-order chi connectivity index (χ0) is 43.4. The largest absolute Gasteiger partial charge is 0.456 e. The van der Waals surface area contributed by atoms with Crippen molar-refractivity contribution in [2.75, 3.05) is 9.80 Å². The quantitative estimate of drug-likeness (QED) is 0.167. The van der Waals surface area contributed by atoms with Crippen LogP contribution in [-0.4, -0.2) is 0 Å². The normalized spacial score (nSPS) is 11.9. The zero-order valence-corrected chi connectivity index (χ0v) is 37.5. The summed E-state index contributed by atoms with van der Waals surface area (Å²) in [6.07, 6.45) is 0. The summed E-state index contributed by atoms with van der Waals surface area (Å²) in [7, 11) is 0. The smallest absolute Gasteiger partial charge is 0.142 e. The number of furan rings is 2. The lowest BCUT2D eigenvalue weighted by Gasteiger charge is -2.29. The van der Waals surface area contributed by atoms with Crippen LogP contribution in [0.1, 0.15) is 50.1 Å². The molecule has 0 N–H and O–H groups in total. The van der Waals surface area contributed by atoms with E-state index in [0.29, 0.717) is 0 Å². The second-order valence-electron chi connectivity index (χ2n) is 18.0. The fourth-order valence-corrected chi connectivity index (χ4v) is 9.72. The van der Waals surface area contributed by atoms with E-state index in [1.807, 2.05) is 0 Å². The Balaban J connectivity index is 1.04. The molecule has 4 nitrogen and oxygen atoms in total. The van der Waals surface area contributed by atoms with Gasteiger partial charge in [-0.1, -0.05) is 60.7 Å². The molecule has 0 unspecified atom stereocenters. The minimum absolute atomic E-state index is 0.865. The van der Waals surface area contributed by atoms with E-state index < -0.39 is 0 Å². The average molecular weight is 819 g/mol. The van der Waals surface area contributed by atoms with Crippen LogP contribution >= 0.6 is 0 Å². The SMILES string of the molecule is Cc1ccc(C)c(N(c2ccc3cc4c(cc3c2)oc2c(C)c3oc5cc6cc(N(c7cc(C)ccc7C)c7cc(C)ccc7C)ccc6cc5c3cc24)c2cc(C)ccc2C)c1. The number of fused-ring (bicyclic) bond motifs is 8. The van der Waals surface area contributed by atoms with Gasteiger partial charge in [-0.2, -0.15) is 0 Å².